The van der Waals surface area contributed by atoms with Gasteiger partial charge in [0.15, 0.2) is 17.2 Å². The average molecular weight is 697 g/mol. The number of aliphatic hydroxyl groups is 5. The highest BCUT2D eigenvalue weighted by Gasteiger charge is 2.29. The first-order chi connectivity index (χ1) is 24.0. The summed E-state index contributed by atoms with van der Waals surface area (Å²) in [5, 5.41) is 114. The van der Waals surface area contributed by atoms with E-state index in [0.717, 1.165) is 6.61 Å². The summed E-state index contributed by atoms with van der Waals surface area (Å²) in [6.07, 6.45) is -2.50. The molecule has 4 aromatic carbocycles. The van der Waals surface area contributed by atoms with E-state index >= 15 is 0 Å². The molecule has 18 heteroatoms. The molecule has 0 saturated carbocycles. The van der Waals surface area contributed by atoms with Crippen LogP contribution in [-0.2, 0) is 4.74 Å². The zero-order chi connectivity index (χ0) is 36.1. The summed E-state index contributed by atoms with van der Waals surface area (Å²) in [5.41, 5.74) is -0.499. The van der Waals surface area contributed by atoms with Crippen LogP contribution in [0.2, 0.25) is 0 Å². The minimum absolute atomic E-state index is 0.000926. The van der Waals surface area contributed by atoms with Crippen molar-refractivity contribution in [2.24, 2.45) is 0 Å². The number of aliphatic hydroxyl groups excluding tert-OH is 5. The van der Waals surface area contributed by atoms with Crippen LogP contribution in [0.25, 0.3) is 44.1 Å². The van der Waals surface area contributed by atoms with Crippen molar-refractivity contribution in [2.75, 3.05) is 33.0 Å². The highest BCUT2D eigenvalue weighted by atomic mass is 16.6. The number of hydrogen-bond donors (Lipinski definition) is 7. The maximum absolute atomic E-state index is 12.9. The van der Waals surface area contributed by atoms with Gasteiger partial charge in [0.1, 0.15) is 25.4 Å². The van der Waals surface area contributed by atoms with Gasteiger partial charge in [-0.3, -0.25) is 0 Å². The van der Waals surface area contributed by atoms with Gasteiger partial charge in [-0.1, -0.05) is 24.3 Å². The summed E-state index contributed by atoms with van der Waals surface area (Å²) in [6.45, 7) is -0.513. The monoisotopic (exact) mass is 696 g/mol. The van der Waals surface area contributed by atoms with Gasteiger partial charge >= 0.3 is 22.1 Å². The van der Waals surface area contributed by atoms with Crippen LogP contribution in [0, 0.1) is 20.8 Å². The molecular weight excluding hydrogens is 664 g/mol. The van der Waals surface area contributed by atoms with Crippen molar-refractivity contribution in [3.05, 3.63) is 93.6 Å². The third-order valence-electron chi connectivity index (χ3n) is 7.30. The number of para-hydroxylation sites is 4. The van der Waals surface area contributed by atoms with Crippen molar-refractivity contribution in [1.29, 1.82) is 0 Å². The van der Waals surface area contributed by atoms with E-state index in [1.165, 1.54) is 72.8 Å². The first-order valence-corrected chi connectivity index (χ1v) is 14.9. The molecule has 264 valence electrons. The predicted octanol–water partition coefficient (Wildman–Crippen LogP) is -1.27. The largest absolute Gasteiger partial charge is 0.617 e. The molecule has 1 aliphatic heterocycles. The molecule has 3 unspecified atom stereocenters. The maximum atomic E-state index is 12.9. The van der Waals surface area contributed by atoms with E-state index in [-0.39, 0.29) is 86.4 Å². The SMILES string of the molecule is OCC1CO1.[O-][n+]1c2cccc(O)c2[n+]([O-])c2cccc(O)c21.[O-][n+]1c2cccc(OC(O)CO)c2[n+]([O-])c2cccc(OCC(O)CO)c21. The second kappa shape index (κ2) is 15.2. The molecule has 2 aromatic heterocycles. The Bertz CT molecular complexity index is 2080. The van der Waals surface area contributed by atoms with Crippen LogP contribution in [0.3, 0.4) is 0 Å². The minimum atomic E-state index is -1.55. The Hall–Kier alpha value is -5.76. The third-order valence-corrected chi connectivity index (χ3v) is 7.30. The Kier molecular flexibility index (Phi) is 10.8. The van der Waals surface area contributed by atoms with Crippen molar-refractivity contribution in [1.82, 2.24) is 0 Å². The van der Waals surface area contributed by atoms with Crippen molar-refractivity contribution in [3.8, 4) is 23.0 Å². The van der Waals surface area contributed by atoms with E-state index in [1.807, 2.05) is 0 Å². The Morgan fingerprint density at radius 2 is 1.06 bits per heavy atom. The third kappa shape index (κ3) is 7.15. The molecule has 0 amide bonds. The van der Waals surface area contributed by atoms with Crippen LogP contribution in [0.15, 0.2) is 72.8 Å². The van der Waals surface area contributed by atoms with Crippen LogP contribution < -0.4 is 28.4 Å². The van der Waals surface area contributed by atoms with Gasteiger partial charge in [-0.15, -0.1) is 0 Å². The number of ether oxygens (including phenoxy) is 3. The van der Waals surface area contributed by atoms with E-state index in [9.17, 15) is 41.3 Å². The topological polar surface area (TPSA) is 280 Å². The highest BCUT2D eigenvalue weighted by molar-refractivity contribution is 5.84. The number of rotatable bonds is 8. The lowest BCUT2D eigenvalue weighted by molar-refractivity contribution is -0.591. The number of epoxide rings is 1. The van der Waals surface area contributed by atoms with Gasteiger partial charge in [-0.2, -0.15) is 18.9 Å². The van der Waals surface area contributed by atoms with Crippen molar-refractivity contribution < 1.29 is 68.9 Å². The van der Waals surface area contributed by atoms with Gasteiger partial charge in [0.2, 0.25) is 12.0 Å². The van der Waals surface area contributed by atoms with Gasteiger partial charge in [0.05, 0.1) is 19.8 Å². The fourth-order valence-corrected chi connectivity index (χ4v) is 4.83. The van der Waals surface area contributed by atoms with Crippen molar-refractivity contribution in [3.63, 3.8) is 0 Å². The van der Waals surface area contributed by atoms with Crippen molar-refractivity contribution >= 4 is 44.1 Å². The number of benzene rings is 4. The summed E-state index contributed by atoms with van der Waals surface area (Å²) in [4.78, 5) is 0. The lowest BCUT2D eigenvalue weighted by Gasteiger charge is -2.15. The standard InChI is InChI=1S/C17H18N2O8.C12H8N2O4.C3H6O2/c20-7-10(22)9-26-13-5-1-3-11-16(13)18(24)12-4-2-6-14(17(12)19(11)25)27-15(23)8-21;15-9-5-1-3-7-11(9)14(18)8-4-2-6-10(16)12(8)13(7)17;4-1-3-2-5-3/h1-6,10,15,20-23H,7-9H2;1-6,15-16H;3-4H,1-2H2. The molecule has 7 rings (SSSR count). The molecular formula is C32H32N4O14. The lowest BCUT2D eigenvalue weighted by atomic mass is 10.2. The van der Waals surface area contributed by atoms with Gasteiger partial charge in [-0.05, 0) is 24.3 Å². The number of aromatic hydroxyl groups is 2. The first kappa shape index (κ1) is 35.5. The van der Waals surface area contributed by atoms with E-state index in [2.05, 4.69) is 4.74 Å². The Labute approximate surface area is 281 Å². The summed E-state index contributed by atoms with van der Waals surface area (Å²) in [7, 11) is 0. The number of hydrogen-bond acceptors (Lipinski definition) is 14. The number of nitrogens with zero attached hydrogens (tertiary/aromatic N) is 4. The van der Waals surface area contributed by atoms with Crippen LogP contribution in [0.4, 0.5) is 0 Å². The van der Waals surface area contributed by atoms with Crippen molar-refractivity contribution in [2.45, 2.75) is 18.5 Å². The summed E-state index contributed by atoms with van der Waals surface area (Å²) in [6, 6.07) is 17.0. The number of phenolic OH excluding ortho intramolecular Hbond substituents is 2. The highest BCUT2D eigenvalue weighted by Crippen LogP contribution is 2.27. The summed E-state index contributed by atoms with van der Waals surface area (Å²) in [5.74, 6) is -0.574. The number of aromatic nitrogens is 4. The van der Waals surface area contributed by atoms with Gasteiger partial charge < -0.3 is 70.8 Å². The van der Waals surface area contributed by atoms with Gasteiger partial charge in [0, 0.05) is 24.3 Å². The normalized spacial score (nSPS) is 14.8. The van der Waals surface area contributed by atoms with E-state index in [4.69, 9.17) is 24.8 Å². The molecule has 0 spiro atoms. The molecule has 0 aliphatic carbocycles. The molecule has 7 N–H and O–H groups in total. The second-order valence-electron chi connectivity index (χ2n) is 10.8. The second-order valence-corrected chi connectivity index (χ2v) is 10.8. The van der Waals surface area contributed by atoms with Crippen LogP contribution in [0.5, 0.6) is 23.0 Å². The van der Waals surface area contributed by atoms with Gasteiger partial charge in [0.25, 0.3) is 22.1 Å². The molecule has 1 saturated heterocycles. The van der Waals surface area contributed by atoms with Crippen LogP contribution in [-0.4, -0.2) is 87.3 Å². The Morgan fingerprint density at radius 1 is 0.640 bits per heavy atom. The fourth-order valence-electron chi connectivity index (χ4n) is 4.83. The number of phenols is 2. The zero-order valence-electron chi connectivity index (χ0n) is 26.0. The fraction of sp³-hybridized carbons (Fsp3) is 0.250. The van der Waals surface area contributed by atoms with E-state index < -0.39 is 25.6 Å². The van der Waals surface area contributed by atoms with Crippen LogP contribution in [0.1, 0.15) is 0 Å². The predicted molar refractivity (Wildman–Crippen MR) is 171 cm³/mol. The summed E-state index contributed by atoms with van der Waals surface area (Å²) < 4.78 is 16.9. The quantitative estimate of drug-likeness (QED) is 0.0321. The first-order valence-electron chi connectivity index (χ1n) is 14.9. The molecule has 1 fully saturated rings. The molecule has 50 heavy (non-hydrogen) atoms. The molecule has 3 atom stereocenters. The average Bonchev–Trinajstić information content (AvgIpc) is 3.97. The summed E-state index contributed by atoms with van der Waals surface area (Å²) >= 11 is 0. The molecule has 6 aromatic rings. The van der Waals surface area contributed by atoms with Crippen LogP contribution >= 0.6 is 0 Å². The zero-order valence-corrected chi connectivity index (χ0v) is 26.0. The Morgan fingerprint density at radius 3 is 1.48 bits per heavy atom. The van der Waals surface area contributed by atoms with E-state index in [0.29, 0.717) is 18.9 Å². The van der Waals surface area contributed by atoms with E-state index in [1.54, 1.807) is 0 Å². The molecule has 3 heterocycles. The Balaban J connectivity index is 0.000000180. The lowest BCUT2D eigenvalue weighted by Crippen LogP contribution is -2.40. The molecule has 18 nitrogen and oxygen atoms in total. The maximum Gasteiger partial charge on any atom is 0.332 e. The minimum Gasteiger partial charge on any atom is -0.617 e. The molecule has 0 radical (unpaired) electrons. The molecule has 1 aliphatic rings. The van der Waals surface area contributed by atoms with Gasteiger partial charge in [-0.25, -0.2) is 0 Å². The smallest absolute Gasteiger partial charge is 0.332 e. The number of fused-ring (bicyclic) bond motifs is 4. The molecule has 0 bridgehead atoms.